The molecule has 1 fully saturated rings. The van der Waals surface area contributed by atoms with Crippen molar-refractivity contribution >= 4 is 5.69 Å². The van der Waals surface area contributed by atoms with E-state index in [0.717, 1.165) is 42.7 Å². The summed E-state index contributed by atoms with van der Waals surface area (Å²) in [6.07, 6.45) is 5.96. The van der Waals surface area contributed by atoms with Gasteiger partial charge in [-0.15, -0.1) is 0 Å². The molecule has 0 bridgehead atoms. The maximum atomic E-state index is 14.7. The first-order valence-corrected chi connectivity index (χ1v) is 8.71. The number of nitrogens with zero attached hydrogens (tertiary/aromatic N) is 1. The lowest BCUT2D eigenvalue weighted by molar-refractivity contribution is -0.00526. The molecule has 124 valence electrons. The first-order valence-electron chi connectivity index (χ1n) is 8.71. The molecule has 1 aromatic carbocycles. The van der Waals surface area contributed by atoms with Gasteiger partial charge in [0.15, 0.2) is 0 Å². The normalized spacial score (nSPS) is 22.1. The van der Waals surface area contributed by atoms with Crippen molar-refractivity contribution in [3.63, 3.8) is 0 Å². The third-order valence-corrected chi connectivity index (χ3v) is 4.50. The summed E-state index contributed by atoms with van der Waals surface area (Å²) in [6, 6.07) is 4.08. The topological polar surface area (TPSA) is 12.5 Å². The van der Waals surface area contributed by atoms with Gasteiger partial charge in [-0.3, -0.25) is 0 Å². The van der Waals surface area contributed by atoms with Crippen LogP contribution in [-0.2, 0) is 11.2 Å². The Labute approximate surface area is 134 Å². The van der Waals surface area contributed by atoms with E-state index in [1.807, 2.05) is 13.0 Å². The van der Waals surface area contributed by atoms with Crippen molar-refractivity contribution in [1.29, 1.82) is 0 Å². The molecular formula is C19H30FNO. The van der Waals surface area contributed by atoms with E-state index in [1.165, 1.54) is 19.3 Å². The summed E-state index contributed by atoms with van der Waals surface area (Å²) in [5.41, 5.74) is 2.68. The predicted octanol–water partition coefficient (Wildman–Crippen LogP) is 4.87. The summed E-state index contributed by atoms with van der Waals surface area (Å²) in [7, 11) is 0. The molecule has 3 heteroatoms. The second kappa shape index (κ2) is 7.96. The molecule has 0 saturated carbocycles. The zero-order valence-corrected chi connectivity index (χ0v) is 14.5. The minimum absolute atomic E-state index is 0.0132. The molecule has 22 heavy (non-hydrogen) atoms. The van der Waals surface area contributed by atoms with Gasteiger partial charge in [0.25, 0.3) is 0 Å². The van der Waals surface area contributed by atoms with Crippen LogP contribution in [0.1, 0.15) is 57.6 Å². The maximum Gasteiger partial charge on any atom is 0.131 e. The van der Waals surface area contributed by atoms with Gasteiger partial charge in [-0.05, 0) is 45.2 Å². The Morgan fingerprint density at radius 3 is 2.45 bits per heavy atom. The van der Waals surface area contributed by atoms with Crippen molar-refractivity contribution in [2.45, 2.75) is 72.0 Å². The van der Waals surface area contributed by atoms with E-state index < -0.39 is 0 Å². The van der Waals surface area contributed by atoms with E-state index in [1.54, 1.807) is 0 Å². The van der Waals surface area contributed by atoms with Crippen molar-refractivity contribution in [3.8, 4) is 0 Å². The van der Waals surface area contributed by atoms with Gasteiger partial charge in [-0.25, -0.2) is 4.39 Å². The Balaban J connectivity index is 2.09. The average Bonchev–Trinajstić information content (AvgIpc) is 2.46. The van der Waals surface area contributed by atoms with E-state index in [2.05, 4.69) is 31.7 Å². The number of rotatable bonds is 6. The summed E-state index contributed by atoms with van der Waals surface area (Å²) in [5.74, 6) is -0.0132. The van der Waals surface area contributed by atoms with Crippen molar-refractivity contribution in [1.82, 2.24) is 0 Å². The molecule has 1 heterocycles. The summed E-state index contributed by atoms with van der Waals surface area (Å²) in [4.78, 5) is 2.26. The maximum absolute atomic E-state index is 14.7. The number of benzene rings is 1. The number of unbranched alkanes of at least 4 members (excludes halogenated alkanes) is 3. The van der Waals surface area contributed by atoms with Crippen LogP contribution in [0.15, 0.2) is 12.1 Å². The van der Waals surface area contributed by atoms with Crippen molar-refractivity contribution in [2.75, 3.05) is 18.0 Å². The zero-order chi connectivity index (χ0) is 16.1. The number of hydrogen-bond acceptors (Lipinski definition) is 2. The van der Waals surface area contributed by atoms with Gasteiger partial charge in [0.2, 0.25) is 0 Å². The molecule has 1 aliphatic rings. The van der Waals surface area contributed by atoms with Crippen molar-refractivity contribution in [3.05, 3.63) is 29.1 Å². The molecule has 1 aromatic rings. The standard InChI is InChI=1S/C19H30FNO/c1-5-6-7-8-9-17-10-11-18(16(4)19(17)20)21-12-14(2)22-15(3)13-21/h10-11,14-15H,5-9,12-13H2,1-4H3/t14-,15?/m1/s1. The molecule has 1 saturated heterocycles. The van der Waals surface area contributed by atoms with Crippen LogP contribution in [0.25, 0.3) is 0 Å². The highest BCUT2D eigenvalue weighted by Gasteiger charge is 2.24. The van der Waals surface area contributed by atoms with Gasteiger partial charge >= 0.3 is 0 Å². The van der Waals surface area contributed by atoms with Crippen LogP contribution in [0.2, 0.25) is 0 Å². The lowest BCUT2D eigenvalue weighted by atomic mass is 10.0. The second-order valence-electron chi connectivity index (χ2n) is 6.66. The number of morpholine rings is 1. The summed E-state index contributed by atoms with van der Waals surface area (Å²) < 4.78 is 20.4. The van der Waals surface area contributed by atoms with Gasteiger partial charge in [0.05, 0.1) is 12.2 Å². The minimum atomic E-state index is -0.0132. The summed E-state index contributed by atoms with van der Waals surface area (Å²) in [5, 5.41) is 0. The largest absolute Gasteiger partial charge is 0.372 e. The third kappa shape index (κ3) is 4.22. The molecule has 1 aliphatic heterocycles. The van der Waals surface area contributed by atoms with Crippen LogP contribution in [-0.4, -0.2) is 25.3 Å². The molecule has 0 aromatic heterocycles. The fourth-order valence-electron chi connectivity index (χ4n) is 3.38. The van der Waals surface area contributed by atoms with Gasteiger partial charge in [0.1, 0.15) is 5.82 Å². The summed E-state index contributed by atoms with van der Waals surface area (Å²) in [6.45, 7) is 9.93. The van der Waals surface area contributed by atoms with Crippen LogP contribution in [0, 0.1) is 12.7 Å². The Morgan fingerprint density at radius 2 is 1.82 bits per heavy atom. The fraction of sp³-hybridized carbons (Fsp3) is 0.684. The van der Waals surface area contributed by atoms with Crippen LogP contribution in [0.3, 0.4) is 0 Å². The molecule has 2 atom stereocenters. The molecule has 0 amide bonds. The quantitative estimate of drug-likeness (QED) is 0.695. The van der Waals surface area contributed by atoms with Gasteiger partial charge in [0, 0.05) is 24.3 Å². The molecule has 0 N–H and O–H groups in total. The fourth-order valence-corrected chi connectivity index (χ4v) is 3.38. The predicted molar refractivity (Wildman–Crippen MR) is 91.2 cm³/mol. The van der Waals surface area contributed by atoms with Gasteiger partial charge in [-0.1, -0.05) is 32.3 Å². The molecule has 0 radical (unpaired) electrons. The highest BCUT2D eigenvalue weighted by atomic mass is 19.1. The first-order chi connectivity index (χ1) is 10.5. The smallest absolute Gasteiger partial charge is 0.131 e. The second-order valence-corrected chi connectivity index (χ2v) is 6.66. The van der Waals surface area contributed by atoms with E-state index in [9.17, 15) is 4.39 Å². The number of halogens is 1. The highest BCUT2D eigenvalue weighted by molar-refractivity contribution is 5.55. The van der Waals surface area contributed by atoms with E-state index in [-0.39, 0.29) is 18.0 Å². The third-order valence-electron chi connectivity index (χ3n) is 4.50. The monoisotopic (exact) mass is 307 g/mol. The molecule has 2 rings (SSSR count). The lowest BCUT2D eigenvalue weighted by Crippen LogP contribution is -2.45. The number of ether oxygens (including phenoxy) is 1. The number of anilines is 1. The number of hydrogen-bond donors (Lipinski definition) is 0. The molecule has 0 aliphatic carbocycles. The van der Waals surface area contributed by atoms with E-state index in [0.29, 0.717) is 0 Å². The molecule has 2 nitrogen and oxygen atoms in total. The van der Waals surface area contributed by atoms with E-state index >= 15 is 0 Å². The lowest BCUT2D eigenvalue weighted by Gasteiger charge is -2.37. The zero-order valence-electron chi connectivity index (χ0n) is 14.5. The van der Waals surface area contributed by atoms with Crippen LogP contribution >= 0.6 is 0 Å². The first kappa shape index (κ1) is 17.3. The SMILES string of the molecule is CCCCCCc1ccc(N2CC(C)O[C@H](C)C2)c(C)c1F. The van der Waals surface area contributed by atoms with Gasteiger partial charge < -0.3 is 9.64 Å². The summed E-state index contributed by atoms with van der Waals surface area (Å²) >= 11 is 0. The van der Waals surface area contributed by atoms with Crippen LogP contribution in [0.5, 0.6) is 0 Å². The molecular weight excluding hydrogens is 277 g/mol. The Morgan fingerprint density at radius 1 is 1.14 bits per heavy atom. The van der Waals surface area contributed by atoms with Crippen molar-refractivity contribution in [2.24, 2.45) is 0 Å². The molecule has 1 unspecified atom stereocenters. The molecule has 0 spiro atoms. The van der Waals surface area contributed by atoms with Crippen molar-refractivity contribution < 1.29 is 9.13 Å². The van der Waals surface area contributed by atoms with Crippen LogP contribution in [0.4, 0.5) is 10.1 Å². The van der Waals surface area contributed by atoms with Gasteiger partial charge in [-0.2, -0.15) is 0 Å². The highest BCUT2D eigenvalue weighted by Crippen LogP contribution is 2.28. The van der Waals surface area contributed by atoms with E-state index in [4.69, 9.17) is 4.74 Å². The van der Waals surface area contributed by atoms with Crippen LogP contribution < -0.4 is 4.90 Å². The average molecular weight is 307 g/mol. The Hall–Kier alpha value is -1.09. The number of aryl methyl sites for hydroxylation is 1. The minimum Gasteiger partial charge on any atom is -0.372 e. The Kier molecular flexibility index (Phi) is 6.25. The Bertz CT molecular complexity index is 479.